The van der Waals surface area contributed by atoms with Crippen molar-refractivity contribution in [3.63, 3.8) is 0 Å². The average molecular weight is 572 g/mol. The predicted molar refractivity (Wildman–Crippen MR) is 140 cm³/mol. The van der Waals surface area contributed by atoms with Gasteiger partial charge in [0.2, 0.25) is 10.0 Å². The summed E-state index contributed by atoms with van der Waals surface area (Å²) in [6, 6.07) is 11.9. The van der Waals surface area contributed by atoms with Crippen molar-refractivity contribution in [3.8, 4) is 0 Å². The molecular weight excluding hydrogens is 550 g/mol. The standard InChI is InChI=1S/C24H21N5O10S/c30-23(26-18-5-7-19(8-6-18)40(37,38)27-9-11-39-12-10-27)16-13-20(28(33)34)22(21(14-16)29(35)36)25-17-3-1-15(2-4-17)24(31)32/h1-8,13-14,25H,9-12H2,(H,26,30)(H,31,32). The van der Waals surface area contributed by atoms with Gasteiger partial charge in [-0.15, -0.1) is 0 Å². The Morgan fingerprint density at radius 1 is 0.850 bits per heavy atom. The number of anilines is 3. The van der Waals surface area contributed by atoms with E-state index in [1.165, 1.54) is 52.8 Å². The maximum absolute atomic E-state index is 12.9. The maximum atomic E-state index is 12.9. The Hall–Kier alpha value is -4.93. The van der Waals surface area contributed by atoms with Gasteiger partial charge in [-0.25, -0.2) is 13.2 Å². The molecule has 0 aromatic heterocycles. The fourth-order valence-electron chi connectivity index (χ4n) is 3.85. The minimum absolute atomic E-state index is 0.00881. The Kier molecular flexibility index (Phi) is 8.03. The molecule has 3 aromatic rings. The number of hydrogen-bond acceptors (Lipinski definition) is 10. The molecule has 0 spiro atoms. The summed E-state index contributed by atoms with van der Waals surface area (Å²) in [5.41, 5.74) is -2.21. The molecule has 1 saturated heterocycles. The number of ether oxygens (including phenoxy) is 1. The Balaban J connectivity index is 1.59. The lowest BCUT2D eigenvalue weighted by Gasteiger charge is -2.26. The number of benzene rings is 3. The molecule has 1 heterocycles. The second kappa shape index (κ2) is 11.4. The van der Waals surface area contributed by atoms with Gasteiger partial charge in [0.25, 0.3) is 5.91 Å². The highest BCUT2D eigenvalue weighted by molar-refractivity contribution is 7.89. The van der Waals surface area contributed by atoms with E-state index in [0.29, 0.717) is 0 Å². The van der Waals surface area contributed by atoms with E-state index in [2.05, 4.69) is 10.6 Å². The molecule has 15 nitrogen and oxygen atoms in total. The number of amides is 1. The second-order valence-electron chi connectivity index (χ2n) is 8.41. The molecular formula is C24H21N5O10S. The lowest BCUT2D eigenvalue weighted by Crippen LogP contribution is -2.40. The number of aromatic carboxylic acids is 1. The van der Waals surface area contributed by atoms with Gasteiger partial charge in [0.15, 0.2) is 5.69 Å². The lowest BCUT2D eigenvalue weighted by atomic mass is 10.1. The SMILES string of the molecule is O=C(O)c1ccc(Nc2c([N+](=O)[O-])cc(C(=O)Nc3ccc(S(=O)(=O)N4CCOCC4)cc3)cc2[N+](=O)[O-])cc1. The van der Waals surface area contributed by atoms with Gasteiger partial charge in [-0.3, -0.25) is 25.0 Å². The summed E-state index contributed by atoms with van der Waals surface area (Å²) in [6.07, 6.45) is 0. The van der Waals surface area contributed by atoms with Crippen molar-refractivity contribution in [3.05, 3.63) is 92.0 Å². The molecule has 1 aliphatic heterocycles. The summed E-state index contributed by atoms with van der Waals surface area (Å²) in [5, 5.41) is 37.6. The van der Waals surface area contributed by atoms with Crippen molar-refractivity contribution in [2.24, 2.45) is 0 Å². The maximum Gasteiger partial charge on any atom is 0.335 e. The zero-order valence-electron chi connectivity index (χ0n) is 20.5. The molecule has 0 radical (unpaired) electrons. The third-order valence-corrected chi connectivity index (χ3v) is 7.79. The van der Waals surface area contributed by atoms with Gasteiger partial charge in [-0.2, -0.15) is 4.31 Å². The van der Waals surface area contributed by atoms with Crippen molar-refractivity contribution in [1.29, 1.82) is 0 Å². The van der Waals surface area contributed by atoms with Crippen LogP contribution >= 0.6 is 0 Å². The zero-order chi connectivity index (χ0) is 29.0. The van der Waals surface area contributed by atoms with Crippen LogP contribution in [-0.4, -0.2) is 65.9 Å². The number of carboxylic acid groups (broad SMARTS) is 1. The second-order valence-corrected chi connectivity index (χ2v) is 10.3. The normalized spacial score (nSPS) is 13.8. The molecule has 0 atom stereocenters. The number of hydrogen-bond donors (Lipinski definition) is 3. The van der Waals surface area contributed by atoms with Crippen molar-refractivity contribution in [2.45, 2.75) is 4.90 Å². The Morgan fingerprint density at radius 2 is 1.38 bits per heavy atom. The van der Waals surface area contributed by atoms with E-state index < -0.39 is 54.4 Å². The van der Waals surface area contributed by atoms with Crippen LogP contribution in [-0.2, 0) is 14.8 Å². The zero-order valence-corrected chi connectivity index (χ0v) is 21.3. The number of carbonyl (C=O) groups is 2. The number of nitro benzene ring substituents is 2. The summed E-state index contributed by atoms with van der Waals surface area (Å²) in [5.74, 6) is -2.11. The number of carbonyl (C=O) groups excluding carboxylic acids is 1. The molecule has 40 heavy (non-hydrogen) atoms. The van der Waals surface area contributed by atoms with E-state index in [9.17, 15) is 38.2 Å². The molecule has 16 heteroatoms. The molecule has 1 aliphatic rings. The van der Waals surface area contributed by atoms with Crippen molar-refractivity contribution < 1.29 is 37.7 Å². The van der Waals surface area contributed by atoms with Crippen LogP contribution in [0.25, 0.3) is 0 Å². The van der Waals surface area contributed by atoms with Gasteiger partial charge in [0.1, 0.15) is 0 Å². The number of nitrogens with zero attached hydrogens (tertiary/aromatic N) is 3. The van der Waals surface area contributed by atoms with Gasteiger partial charge in [0, 0.05) is 36.6 Å². The molecule has 0 saturated carbocycles. The van der Waals surface area contributed by atoms with E-state index >= 15 is 0 Å². The molecule has 0 bridgehead atoms. The minimum Gasteiger partial charge on any atom is -0.478 e. The summed E-state index contributed by atoms with van der Waals surface area (Å²) < 4.78 is 32.0. The summed E-state index contributed by atoms with van der Waals surface area (Å²) >= 11 is 0. The van der Waals surface area contributed by atoms with E-state index in [1.807, 2.05) is 0 Å². The molecule has 3 aromatic carbocycles. The lowest BCUT2D eigenvalue weighted by molar-refractivity contribution is -0.392. The first kappa shape index (κ1) is 28.1. The van der Waals surface area contributed by atoms with Gasteiger partial charge in [-0.05, 0) is 48.5 Å². The molecule has 4 rings (SSSR count). The van der Waals surface area contributed by atoms with E-state index in [0.717, 1.165) is 12.1 Å². The minimum atomic E-state index is -3.77. The van der Waals surface area contributed by atoms with Crippen LogP contribution in [0.2, 0.25) is 0 Å². The molecule has 3 N–H and O–H groups in total. The fraction of sp³-hybridized carbons (Fsp3) is 0.167. The van der Waals surface area contributed by atoms with Crippen LogP contribution < -0.4 is 10.6 Å². The van der Waals surface area contributed by atoms with Crippen LogP contribution in [0.4, 0.5) is 28.4 Å². The van der Waals surface area contributed by atoms with E-state index in [4.69, 9.17) is 9.84 Å². The Labute approximate surface area is 226 Å². The molecule has 208 valence electrons. The van der Waals surface area contributed by atoms with Crippen LogP contribution in [0, 0.1) is 20.2 Å². The van der Waals surface area contributed by atoms with Crippen molar-refractivity contribution in [1.82, 2.24) is 4.31 Å². The summed E-state index contributed by atoms with van der Waals surface area (Å²) in [7, 11) is -3.77. The molecule has 0 unspecified atom stereocenters. The highest BCUT2D eigenvalue weighted by Gasteiger charge is 2.30. The summed E-state index contributed by atoms with van der Waals surface area (Å²) in [6.45, 7) is 0.960. The van der Waals surface area contributed by atoms with Crippen molar-refractivity contribution in [2.75, 3.05) is 36.9 Å². The summed E-state index contributed by atoms with van der Waals surface area (Å²) in [4.78, 5) is 45.7. The van der Waals surface area contributed by atoms with Crippen molar-refractivity contribution >= 4 is 50.3 Å². The third kappa shape index (κ3) is 6.04. The predicted octanol–water partition coefficient (Wildman–Crippen LogP) is 3.22. The average Bonchev–Trinajstić information content (AvgIpc) is 2.93. The largest absolute Gasteiger partial charge is 0.478 e. The highest BCUT2D eigenvalue weighted by atomic mass is 32.2. The van der Waals surface area contributed by atoms with Crippen LogP contribution in [0.3, 0.4) is 0 Å². The quantitative estimate of drug-likeness (QED) is 0.250. The highest BCUT2D eigenvalue weighted by Crippen LogP contribution is 2.38. The fourth-order valence-corrected chi connectivity index (χ4v) is 5.26. The third-order valence-electron chi connectivity index (χ3n) is 5.87. The number of carboxylic acids is 1. The van der Waals surface area contributed by atoms with Crippen LogP contribution in [0.1, 0.15) is 20.7 Å². The molecule has 0 aliphatic carbocycles. The first-order chi connectivity index (χ1) is 19.0. The van der Waals surface area contributed by atoms with Gasteiger partial charge in [0.05, 0.1) is 39.1 Å². The molecule has 1 fully saturated rings. The van der Waals surface area contributed by atoms with Gasteiger partial charge < -0.3 is 20.5 Å². The van der Waals surface area contributed by atoms with Crippen LogP contribution in [0.5, 0.6) is 0 Å². The topological polar surface area (TPSA) is 211 Å². The first-order valence-electron chi connectivity index (χ1n) is 11.5. The molecule has 1 amide bonds. The Bertz CT molecular complexity index is 1550. The van der Waals surface area contributed by atoms with Crippen LogP contribution in [0.15, 0.2) is 65.6 Å². The number of morpholine rings is 1. The van der Waals surface area contributed by atoms with Gasteiger partial charge in [-0.1, -0.05) is 0 Å². The first-order valence-corrected chi connectivity index (χ1v) is 13.0. The smallest absolute Gasteiger partial charge is 0.335 e. The number of sulfonamides is 1. The number of nitrogens with one attached hydrogen (secondary N) is 2. The number of rotatable bonds is 9. The van der Waals surface area contributed by atoms with E-state index in [-0.39, 0.29) is 48.1 Å². The number of nitro groups is 2. The monoisotopic (exact) mass is 571 g/mol. The van der Waals surface area contributed by atoms with Gasteiger partial charge >= 0.3 is 17.3 Å². The van der Waals surface area contributed by atoms with E-state index in [1.54, 1.807) is 0 Å². The Morgan fingerprint density at radius 3 is 1.88 bits per heavy atom.